The Morgan fingerprint density at radius 3 is 2.78 bits per heavy atom. The van der Waals surface area contributed by atoms with E-state index in [0.29, 0.717) is 10.4 Å². The average Bonchev–Trinajstić information content (AvgIpc) is 2.60. The number of hydrogen-bond donors (Lipinski definition) is 0. The number of nitro groups is 1. The van der Waals surface area contributed by atoms with E-state index in [4.69, 9.17) is 0 Å². The lowest BCUT2D eigenvalue weighted by Gasteiger charge is -2.03. The molecule has 0 bridgehead atoms. The number of rotatable bonds is 5. The molecule has 0 atom stereocenters. The van der Waals surface area contributed by atoms with Gasteiger partial charge in [0.25, 0.3) is 0 Å². The van der Waals surface area contributed by atoms with Crippen molar-refractivity contribution < 1.29 is 19.2 Å². The molecule has 9 nitrogen and oxygen atoms in total. The normalized spacial score (nSPS) is 11.3. The van der Waals surface area contributed by atoms with Gasteiger partial charge in [0, 0.05) is 6.92 Å². The van der Waals surface area contributed by atoms with Gasteiger partial charge in [-0.25, -0.2) is 9.31 Å². The summed E-state index contributed by atoms with van der Waals surface area (Å²) in [6.07, 6.45) is 2.36. The molecule has 1 aromatic rings. The van der Waals surface area contributed by atoms with Crippen molar-refractivity contribution in [2.24, 2.45) is 7.05 Å². The molecule has 0 saturated carbocycles. The molecular weight excluding hydrogens is 244 g/mol. The number of carbonyl (C=O) groups excluding carboxylic acids is 1. The first-order valence-electron chi connectivity index (χ1n) is 5.00. The molecule has 0 unspecified atom stereocenters. The number of hydrogen-bond acceptors (Lipinski definition) is 6. The van der Waals surface area contributed by atoms with Crippen LogP contribution in [0.5, 0.6) is 0 Å². The lowest BCUT2D eigenvalue weighted by molar-refractivity contribution is -0.455. The first kappa shape index (κ1) is 13.6. The van der Waals surface area contributed by atoms with E-state index in [9.17, 15) is 20.1 Å². The van der Waals surface area contributed by atoms with Gasteiger partial charge in [-0.15, -0.1) is 0 Å². The van der Waals surface area contributed by atoms with Gasteiger partial charge in [-0.1, -0.05) is 4.98 Å². The number of imidazole rings is 1. The first-order chi connectivity index (χ1) is 8.41. The Labute approximate surface area is 102 Å². The summed E-state index contributed by atoms with van der Waals surface area (Å²) in [5, 5.41) is 21.9. The molecule has 0 N–H and O–H groups in total. The third kappa shape index (κ3) is 3.54. The van der Waals surface area contributed by atoms with Crippen LogP contribution in [-0.2, 0) is 16.6 Å². The second kappa shape index (κ2) is 5.75. The minimum Gasteiger partial charge on any atom is -0.624 e. The highest BCUT2D eigenvalue weighted by Gasteiger charge is 2.17. The van der Waals surface area contributed by atoms with Crippen molar-refractivity contribution in [3.05, 3.63) is 27.2 Å². The molecule has 0 saturated heterocycles. The maximum Gasteiger partial charge on any atom is 0.435 e. The fourth-order valence-corrected chi connectivity index (χ4v) is 1.19. The molecule has 0 fully saturated rings. The van der Waals surface area contributed by atoms with Crippen LogP contribution in [0.1, 0.15) is 12.6 Å². The molecule has 0 spiro atoms. The van der Waals surface area contributed by atoms with E-state index in [2.05, 4.69) is 9.72 Å². The fraction of sp³-hybridized carbons (Fsp3) is 0.444. The van der Waals surface area contributed by atoms with Crippen molar-refractivity contribution in [3.63, 3.8) is 0 Å². The molecule has 0 aliphatic heterocycles. The molecule has 0 amide bonds. The van der Waals surface area contributed by atoms with Crippen molar-refractivity contribution in [1.82, 2.24) is 9.55 Å². The SMILES string of the molecule is CC(=O)OCC[N+]([O-])=Cc1cnc([N+](=O)[O-])n1C. The molecular formula is C9H12N4O5. The van der Waals surface area contributed by atoms with E-state index in [1.807, 2.05) is 0 Å². The highest BCUT2D eigenvalue weighted by atomic mass is 16.6. The number of esters is 1. The van der Waals surface area contributed by atoms with Crippen molar-refractivity contribution in [2.75, 3.05) is 13.2 Å². The quantitative estimate of drug-likeness (QED) is 0.180. The highest BCUT2D eigenvalue weighted by molar-refractivity contribution is 5.73. The molecule has 18 heavy (non-hydrogen) atoms. The number of carbonyl (C=O) groups is 1. The minimum atomic E-state index is -0.647. The number of hydroxylamine groups is 1. The van der Waals surface area contributed by atoms with Gasteiger partial charge in [0.15, 0.2) is 19.3 Å². The Kier molecular flexibility index (Phi) is 4.35. The van der Waals surface area contributed by atoms with Crippen LogP contribution in [-0.4, -0.2) is 44.5 Å². The van der Waals surface area contributed by atoms with Gasteiger partial charge in [-0.05, 0) is 4.92 Å². The predicted molar refractivity (Wildman–Crippen MR) is 60.2 cm³/mol. The molecule has 1 aromatic heterocycles. The molecule has 9 heteroatoms. The maximum absolute atomic E-state index is 11.4. The molecule has 98 valence electrons. The van der Waals surface area contributed by atoms with Crippen LogP contribution in [0.4, 0.5) is 5.95 Å². The Morgan fingerprint density at radius 1 is 1.61 bits per heavy atom. The third-order valence-corrected chi connectivity index (χ3v) is 2.06. The maximum atomic E-state index is 11.4. The summed E-state index contributed by atoms with van der Waals surface area (Å²) in [4.78, 5) is 23.9. The van der Waals surface area contributed by atoms with Gasteiger partial charge in [0.05, 0.1) is 7.05 Å². The summed E-state index contributed by atoms with van der Waals surface area (Å²) in [5.41, 5.74) is 0.291. The second-order valence-electron chi connectivity index (χ2n) is 3.41. The van der Waals surface area contributed by atoms with Crippen LogP contribution in [0.3, 0.4) is 0 Å². The van der Waals surface area contributed by atoms with E-state index in [-0.39, 0.29) is 19.1 Å². The van der Waals surface area contributed by atoms with Crippen LogP contribution in [0.15, 0.2) is 6.20 Å². The molecule has 1 rings (SSSR count). The summed E-state index contributed by atoms with van der Waals surface area (Å²) in [6, 6.07) is 0. The zero-order chi connectivity index (χ0) is 13.7. The summed E-state index contributed by atoms with van der Waals surface area (Å²) < 4.78 is 6.29. The minimum absolute atomic E-state index is 0.0464. The number of aromatic nitrogens is 2. The van der Waals surface area contributed by atoms with Crippen LogP contribution >= 0.6 is 0 Å². The average molecular weight is 256 g/mol. The number of ether oxygens (including phenoxy) is 1. The van der Waals surface area contributed by atoms with E-state index in [0.717, 1.165) is 6.21 Å². The fourth-order valence-electron chi connectivity index (χ4n) is 1.19. The van der Waals surface area contributed by atoms with E-state index in [1.165, 1.54) is 24.7 Å². The lowest BCUT2D eigenvalue weighted by Crippen LogP contribution is -2.16. The summed E-state index contributed by atoms with van der Waals surface area (Å²) in [5.74, 6) is -0.825. The first-order valence-corrected chi connectivity index (χ1v) is 5.00. The Hall–Kier alpha value is -2.45. The number of nitrogens with zero attached hydrogens (tertiary/aromatic N) is 4. The third-order valence-electron chi connectivity index (χ3n) is 2.06. The molecule has 0 radical (unpaired) electrons. The van der Waals surface area contributed by atoms with Crippen molar-refractivity contribution in [1.29, 1.82) is 0 Å². The zero-order valence-electron chi connectivity index (χ0n) is 9.90. The topological polar surface area (TPSA) is 113 Å². The van der Waals surface area contributed by atoms with Gasteiger partial charge in [0.1, 0.15) is 0 Å². The lowest BCUT2D eigenvalue weighted by atomic mass is 10.5. The smallest absolute Gasteiger partial charge is 0.435 e. The van der Waals surface area contributed by atoms with Crippen LogP contribution in [0.2, 0.25) is 0 Å². The van der Waals surface area contributed by atoms with Crippen LogP contribution in [0, 0.1) is 15.3 Å². The monoisotopic (exact) mass is 256 g/mol. The zero-order valence-corrected chi connectivity index (χ0v) is 9.90. The summed E-state index contributed by atoms with van der Waals surface area (Å²) in [7, 11) is 1.43. The van der Waals surface area contributed by atoms with Gasteiger partial charge >= 0.3 is 11.9 Å². The Morgan fingerprint density at radius 2 is 2.28 bits per heavy atom. The van der Waals surface area contributed by atoms with Crippen molar-refractivity contribution in [2.45, 2.75) is 6.92 Å². The van der Waals surface area contributed by atoms with E-state index < -0.39 is 10.9 Å². The molecule has 0 aromatic carbocycles. The molecule has 1 heterocycles. The summed E-state index contributed by atoms with van der Waals surface area (Å²) >= 11 is 0. The van der Waals surface area contributed by atoms with Gasteiger partial charge < -0.3 is 20.1 Å². The van der Waals surface area contributed by atoms with Gasteiger partial charge in [0.2, 0.25) is 11.9 Å². The Bertz CT molecular complexity index is 493. The van der Waals surface area contributed by atoms with Gasteiger partial charge in [-0.2, -0.15) is 0 Å². The van der Waals surface area contributed by atoms with Crippen LogP contribution < -0.4 is 0 Å². The van der Waals surface area contributed by atoms with Gasteiger partial charge in [-0.3, -0.25) is 4.79 Å². The standard InChI is InChI=1S/C9H12N4O5/c1-7(14)18-4-3-12(15)6-8-5-10-9(11(8)2)13(16)17/h5-6H,3-4H2,1-2H3. The van der Waals surface area contributed by atoms with E-state index >= 15 is 0 Å². The molecule has 0 aliphatic carbocycles. The largest absolute Gasteiger partial charge is 0.624 e. The summed E-state index contributed by atoms with van der Waals surface area (Å²) in [6.45, 7) is 1.14. The van der Waals surface area contributed by atoms with Crippen molar-refractivity contribution in [3.8, 4) is 0 Å². The predicted octanol–water partition coefficient (Wildman–Crippen LogP) is -0.179. The Balaban J connectivity index is 2.70. The highest BCUT2D eigenvalue weighted by Crippen LogP contribution is 2.08. The molecule has 0 aliphatic rings. The van der Waals surface area contributed by atoms with Crippen molar-refractivity contribution >= 4 is 18.1 Å². The van der Waals surface area contributed by atoms with E-state index in [1.54, 1.807) is 0 Å². The second-order valence-corrected chi connectivity index (χ2v) is 3.41. The van der Waals surface area contributed by atoms with Crippen LogP contribution in [0.25, 0.3) is 0 Å².